The second kappa shape index (κ2) is 7.25. The van der Waals surface area contributed by atoms with Crippen molar-refractivity contribution in [3.63, 3.8) is 0 Å². The molecule has 0 radical (unpaired) electrons. The molecule has 0 aliphatic rings. The third-order valence-corrected chi connectivity index (χ3v) is 2.77. The lowest BCUT2D eigenvalue weighted by Gasteiger charge is -2.09. The molecule has 0 spiro atoms. The van der Waals surface area contributed by atoms with Crippen LogP contribution in [0.2, 0.25) is 0 Å². The molecule has 0 saturated heterocycles. The molecule has 0 unspecified atom stereocenters. The van der Waals surface area contributed by atoms with Crippen LogP contribution in [0.3, 0.4) is 0 Å². The average molecular weight is 286 g/mol. The average Bonchev–Trinajstić information content (AvgIpc) is 2.54. The third-order valence-electron chi connectivity index (χ3n) is 2.77. The highest BCUT2D eigenvalue weighted by Crippen LogP contribution is 2.18. The van der Waals surface area contributed by atoms with Crippen molar-refractivity contribution in [2.45, 2.75) is 13.3 Å². The summed E-state index contributed by atoms with van der Waals surface area (Å²) in [7, 11) is 0. The van der Waals surface area contributed by atoms with E-state index in [1.165, 1.54) is 0 Å². The summed E-state index contributed by atoms with van der Waals surface area (Å²) in [6, 6.07) is 10.5. The molecule has 6 heteroatoms. The van der Waals surface area contributed by atoms with Crippen LogP contribution >= 0.6 is 0 Å². The summed E-state index contributed by atoms with van der Waals surface area (Å²) in [6.07, 6.45) is 2.51. The lowest BCUT2D eigenvalue weighted by atomic mass is 10.2. The van der Waals surface area contributed by atoms with E-state index in [-0.39, 0.29) is 5.91 Å². The highest BCUT2D eigenvalue weighted by atomic mass is 16.5. The molecule has 1 heterocycles. The van der Waals surface area contributed by atoms with Crippen molar-refractivity contribution in [2.24, 2.45) is 5.84 Å². The number of rotatable bonds is 6. The number of hydrogen-bond donors (Lipinski definition) is 3. The number of benzene rings is 1. The van der Waals surface area contributed by atoms with E-state index in [0.717, 1.165) is 12.2 Å². The first kappa shape index (κ1) is 14.8. The number of anilines is 2. The fourth-order valence-electron chi connectivity index (χ4n) is 1.76. The maximum atomic E-state index is 12.2. The van der Waals surface area contributed by atoms with Crippen LogP contribution in [0.1, 0.15) is 23.7 Å². The van der Waals surface area contributed by atoms with Crippen LogP contribution in [0, 0.1) is 0 Å². The summed E-state index contributed by atoms with van der Waals surface area (Å²) in [5.41, 5.74) is 3.46. The Bertz CT molecular complexity index is 599. The second-order valence-electron chi connectivity index (χ2n) is 4.37. The summed E-state index contributed by atoms with van der Waals surface area (Å²) in [5, 5.41) is 2.79. The zero-order chi connectivity index (χ0) is 15.1. The lowest BCUT2D eigenvalue weighted by molar-refractivity contribution is 0.102. The molecule has 1 aromatic carbocycles. The Morgan fingerprint density at radius 1 is 1.29 bits per heavy atom. The van der Waals surface area contributed by atoms with Crippen LogP contribution in [0.4, 0.5) is 11.5 Å². The number of pyridine rings is 1. The van der Waals surface area contributed by atoms with Gasteiger partial charge in [-0.15, -0.1) is 0 Å². The Labute approximate surface area is 123 Å². The van der Waals surface area contributed by atoms with Gasteiger partial charge in [-0.3, -0.25) is 4.79 Å². The fourth-order valence-corrected chi connectivity index (χ4v) is 1.76. The molecular formula is C15H18N4O2. The van der Waals surface area contributed by atoms with Gasteiger partial charge in [0.1, 0.15) is 5.75 Å². The first-order valence-corrected chi connectivity index (χ1v) is 6.70. The SMILES string of the molecule is CCCOc1ccc(NC(=O)c2cccnc2NN)cc1. The number of aromatic nitrogens is 1. The predicted molar refractivity (Wildman–Crippen MR) is 82.2 cm³/mol. The van der Waals surface area contributed by atoms with Gasteiger partial charge in [0, 0.05) is 11.9 Å². The Balaban J connectivity index is 2.05. The van der Waals surface area contributed by atoms with Gasteiger partial charge in [-0.05, 0) is 42.8 Å². The molecule has 2 aromatic rings. The molecule has 0 atom stereocenters. The molecule has 110 valence electrons. The van der Waals surface area contributed by atoms with Crippen LogP contribution in [-0.2, 0) is 0 Å². The van der Waals surface area contributed by atoms with Gasteiger partial charge in [0.15, 0.2) is 5.82 Å². The summed E-state index contributed by atoms with van der Waals surface area (Å²) in [6.45, 7) is 2.72. The van der Waals surface area contributed by atoms with Gasteiger partial charge in [0.05, 0.1) is 12.2 Å². The second-order valence-corrected chi connectivity index (χ2v) is 4.37. The number of hydrazine groups is 1. The highest BCUT2D eigenvalue weighted by Gasteiger charge is 2.11. The lowest BCUT2D eigenvalue weighted by Crippen LogP contribution is -2.18. The van der Waals surface area contributed by atoms with E-state index >= 15 is 0 Å². The first-order valence-electron chi connectivity index (χ1n) is 6.70. The zero-order valence-corrected chi connectivity index (χ0v) is 11.8. The number of nitrogens with two attached hydrogens (primary N) is 1. The van der Waals surface area contributed by atoms with Crippen LogP contribution in [0.5, 0.6) is 5.75 Å². The molecular weight excluding hydrogens is 268 g/mol. The van der Waals surface area contributed by atoms with Gasteiger partial charge >= 0.3 is 0 Å². The topological polar surface area (TPSA) is 89.3 Å². The molecule has 1 amide bonds. The van der Waals surface area contributed by atoms with Crippen molar-refractivity contribution in [2.75, 3.05) is 17.3 Å². The van der Waals surface area contributed by atoms with Gasteiger partial charge in [0.2, 0.25) is 0 Å². The van der Waals surface area contributed by atoms with Crippen LogP contribution in [-0.4, -0.2) is 17.5 Å². The molecule has 1 aromatic heterocycles. The minimum absolute atomic E-state index is 0.279. The van der Waals surface area contributed by atoms with Crippen molar-refractivity contribution in [3.05, 3.63) is 48.2 Å². The highest BCUT2D eigenvalue weighted by molar-refractivity contribution is 6.07. The molecule has 4 N–H and O–H groups in total. The Kier molecular flexibility index (Phi) is 5.11. The predicted octanol–water partition coefficient (Wildman–Crippen LogP) is 2.41. The molecule has 0 aliphatic carbocycles. The van der Waals surface area contributed by atoms with Crippen LogP contribution in [0.25, 0.3) is 0 Å². The van der Waals surface area contributed by atoms with Gasteiger partial charge in [-0.2, -0.15) is 0 Å². The molecule has 0 bridgehead atoms. The van der Waals surface area contributed by atoms with Gasteiger partial charge in [-0.25, -0.2) is 10.8 Å². The van der Waals surface area contributed by atoms with Crippen molar-refractivity contribution >= 4 is 17.4 Å². The maximum absolute atomic E-state index is 12.2. The number of nitrogens with one attached hydrogen (secondary N) is 2. The molecule has 0 saturated carbocycles. The Hall–Kier alpha value is -2.60. The largest absolute Gasteiger partial charge is 0.494 e. The number of ether oxygens (including phenoxy) is 1. The first-order chi connectivity index (χ1) is 10.2. The van der Waals surface area contributed by atoms with Crippen molar-refractivity contribution in [3.8, 4) is 5.75 Å². The quantitative estimate of drug-likeness (QED) is 0.560. The summed E-state index contributed by atoms with van der Waals surface area (Å²) in [4.78, 5) is 16.2. The van der Waals surface area contributed by atoms with Crippen LogP contribution in [0.15, 0.2) is 42.6 Å². The summed E-state index contributed by atoms with van der Waals surface area (Å²) in [5.74, 6) is 6.17. The number of nitrogens with zero attached hydrogens (tertiary/aromatic N) is 1. The molecule has 0 fully saturated rings. The number of hydrogen-bond acceptors (Lipinski definition) is 5. The normalized spacial score (nSPS) is 10.0. The van der Waals surface area contributed by atoms with Crippen molar-refractivity contribution < 1.29 is 9.53 Å². The Morgan fingerprint density at radius 3 is 2.71 bits per heavy atom. The molecule has 6 nitrogen and oxygen atoms in total. The summed E-state index contributed by atoms with van der Waals surface area (Å²) >= 11 is 0. The Morgan fingerprint density at radius 2 is 2.05 bits per heavy atom. The number of nitrogen functional groups attached to an aromatic ring is 1. The van der Waals surface area contributed by atoms with Crippen LogP contribution < -0.4 is 21.3 Å². The minimum atomic E-state index is -0.279. The van der Waals surface area contributed by atoms with Gasteiger partial charge < -0.3 is 15.5 Å². The van der Waals surface area contributed by atoms with E-state index in [1.54, 1.807) is 30.5 Å². The minimum Gasteiger partial charge on any atom is -0.494 e. The van der Waals surface area contributed by atoms with E-state index in [2.05, 4.69) is 15.7 Å². The van der Waals surface area contributed by atoms with Crippen molar-refractivity contribution in [1.29, 1.82) is 0 Å². The number of amides is 1. The maximum Gasteiger partial charge on any atom is 0.259 e. The molecule has 21 heavy (non-hydrogen) atoms. The smallest absolute Gasteiger partial charge is 0.259 e. The van der Waals surface area contributed by atoms with E-state index in [9.17, 15) is 4.79 Å². The van der Waals surface area contributed by atoms with E-state index in [1.807, 2.05) is 19.1 Å². The summed E-state index contributed by atoms with van der Waals surface area (Å²) < 4.78 is 5.49. The molecule has 2 rings (SSSR count). The number of carbonyl (C=O) groups is 1. The van der Waals surface area contributed by atoms with Crippen molar-refractivity contribution in [1.82, 2.24) is 4.98 Å². The monoisotopic (exact) mass is 286 g/mol. The third kappa shape index (κ3) is 3.93. The van der Waals surface area contributed by atoms with E-state index in [4.69, 9.17) is 10.6 Å². The van der Waals surface area contributed by atoms with E-state index in [0.29, 0.717) is 23.7 Å². The molecule has 0 aliphatic heterocycles. The van der Waals surface area contributed by atoms with Gasteiger partial charge in [-0.1, -0.05) is 6.92 Å². The fraction of sp³-hybridized carbons (Fsp3) is 0.200. The standard InChI is InChI=1S/C15H18N4O2/c1-2-10-21-12-7-5-11(6-8-12)18-15(20)13-4-3-9-17-14(13)19-16/h3-9H,2,10,16H2,1H3,(H,17,19)(H,18,20). The van der Waals surface area contributed by atoms with Gasteiger partial charge in [0.25, 0.3) is 5.91 Å². The zero-order valence-electron chi connectivity index (χ0n) is 11.8. The number of carbonyl (C=O) groups excluding carboxylic acids is 1. The van der Waals surface area contributed by atoms with E-state index < -0.39 is 0 Å².